The molecule has 4 saturated carbocycles. The largest absolute Gasteiger partial charge is 0.496 e. The third-order valence-corrected chi connectivity index (χ3v) is 11.6. The van der Waals surface area contributed by atoms with Crippen molar-refractivity contribution >= 4 is 17.7 Å². The van der Waals surface area contributed by atoms with Gasteiger partial charge in [-0.05, 0) is 143 Å². The number of nitrogens with zero attached hydrogens (tertiary/aromatic N) is 4. The summed E-state index contributed by atoms with van der Waals surface area (Å²) >= 11 is 0. The number of carboxylic acid groups (broad SMARTS) is 1. The van der Waals surface area contributed by atoms with Gasteiger partial charge < -0.3 is 9.84 Å². The molecule has 0 spiro atoms. The second-order valence-electron chi connectivity index (χ2n) is 14.7. The van der Waals surface area contributed by atoms with E-state index >= 15 is 0 Å². The SMILES string of the molecule is COc1ccc(C23CCC(CN(C(=O)C4CCC(CCC(=O)O)CC4)c4cc(-c5cnn(C(C)C)c5)ccn4)(CC2)CC3)cc1C. The lowest BCUT2D eigenvalue weighted by molar-refractivity contribution is -0.137. The van der Waals surface area contributed by atoms with E-state index in [0.717, 1.165) is 86.9 Å². The fourth-order valence-electron chi connectivity index (χ4n) is 8.51. The summed E-state index contributed by atoms with van der Waals surface area (Å²) < 4.78 is 7.50. The fourth-order valence-corrected chi connectivity index (χ4v) is 8.51. The minimum absolute atomic E-state index is 0.0554. The van der Waals surface area contributed by atoms with Crippen LogP contribution in [0.3, 0.4) is 0 Å². The summed E-state index contributed by atoms with van der Waals surface area (Å²) in [6.07, 6.45) is 16.9. The van der Waals surface area contributed by atoms with Gasteiger partial charge in [-0.15, -0.1) is 0 Å². The van der Waals surface area contributed by atoms with E-state index in [4.69, 9.17) is 14.8 Å². The Kier molecular flexibility index (Phi) is 9.26. The molecular formula is C38H50N4O4. The average Bonchev–Trinajstić information content (AvgIpc) is 3.58. The number of methoxy groups -OCH3 is 1. The molecule has 2 bridgehead atoms. The predicted molar refractivity (Wildman–Crippen MR) is 180 cm³/mol. The van der Waals surface area contributed by atoms with E-state index < -0.39 is 5.97 Å². The lowest BCUT2D eigenvalue weighted by Gasteiger charge is -2.55. The number of carbonyl (C=O) groups is 2. The number of anilines is 1. The van der Waals surface area contributed by atoms with Crippen LogP contribution in [0.15, 0.2) is 48.9 Å². The van der Waals surface area contributed by atoms with Crippen molar-refractivity contribution in [1.82, 2.24) is 14.8 Å². The topological polar surface area (TPSA) is 97.5 Å². The Morgan fingerprint density at radius 2 is 1.74 bits per heavy atom. The number of amides is 1. The summed E-state index contributed by atoms with van der Waals surface area (Å²) in [5.41, 5.74) is 4.95. The Labute approximate surface area is 273 Å². The number of hydrogen-bond acceptors (Lipinski definition) is 5. The van der Waals surface area contributed by atoms with Crippen LogP contribution in [-0.2, 0) is 15.0 Å². The average molecular weight is 627 g/mol. The molecule has 4 fully saturated rings. The molecule has 4 aliphatic carbocycles. The van der Waals surface area contributed by atoms with Gasteiger partial charge >= 0.3 is 5.97 Å². The van der Waals surface area contributed by atoms with Crippen LogP contribution in [0.4, 0.5) is 5.82 Å². The molecule has 0 aliphatic heterocycles. The van der Waals surface area contributed by atoms with Crippen molar-refractivity contribution in [2.75, 3.05) is 18.6 Å². The van der Waals surface area contributed by atoms with Gasteiger partial charge in [-0.2, -0.15) is 5.10 Å². The molecule has 8 heteroatoms. The zero-order valence-corrected chi connectivity index (χ0v) is 28.0. The number of rotatable bonds is 11. The molecule has 0 saturated heterocycles. The maximum absolute atomic E-state index is 14.5. The molecular weight excluding hydrogens is 576 g/mol. The Hall–Kier alpha value is -3.68. The quantitative estimate of drug-likeness (QED) is 0.231. The molecule has 46 heavy (non-hydrogen) atoms. The van der Waals surface area contributed by atoms with Gasteiger partial charge in [-0.3, -0.25) is 19.2 Å². The smallest absolute Gasteiger partial charge is 0.303 e. The molecule has 1 amide bonds. The van der Waals surface area contributed by atoms with E-state index in [2.05, 4.69) is 56.3 Å². The maximum Gasteiger partial charge on any atom is 0.303 e. The van der Waals surface area contributed by atoms with Gasteiger partial charge in [0.2, 0.25) is 5.91 Å². The lowest BCUT2D eigenvalue weighted by atomic mass is 9.51. The first kappa shape index (κ1) is 32.3. The van der Waals surface area contributed by atoms with Gasteiger partial charge in [0.15, 0.2) is 0 Å². The Morgan fingerprint density at radius 1 is 1.02 bits per heavy atom. The number of aryl methyl sites for hydroxylation is 1. The van der Waals surface area contributed by atoms with Crippen LogP contribution in [0.2, 0.25) is 0 Å². The highest BCUT2D eigenvalue weighted by Crippen LogP contribution is 2.58. The Morgan fingerprint density at radius 3 is 2.35 bits per heavy atom. The van der Waals surface area contributed by atoms with Crippen LogP contribution in [0.25, 0.3) is 11.1 Å². The van der Waals surface area contributed by atoms with Crippen LogP contribution in [0, 0.1) is 24.2 Å². The highest BCUT2D eigenvalue weighted by Gasteiger charge is 2.50. The van der Waals surface area contributed by atoms with Crippen LogP contribution in [-0.4, -0.2) is 45.4 Å². The van der Waals surface area contributed by atoms with Crippen molar-refractivity contribution in [3.05, 3.63) is 60.0 Å². The molecule has 0 radical (unpaired) electrons. The molecule has 0 unspecified atom stereocenters. The van der Waals surface area contributed by atoms with Crippen molar-refractivity contribution in [2.45, 2.75) is 109 Å². The summed E-state index contributed by atoms with van der Waals surface area (Å²) in [6.45, 7) is 7.06. The number of carbonyl (C=O) groups excluding carboxylic acids is 1. The Bertz CT molecular complexity index is 1530. The van der Waals surface area contributed by atoms with Gasteiger partial charge in [0.05, 0.1) is 13.3 Å². The minimum Gasteiger partial charge on any atom is -0.496 e. The van der Waals surface area contributed by atoms with Crippen molar-refractivity contribution in [3.8, 4) is 16.9 Å². The normalized spacial score (nSPS) is 25.8. The molecule has 0 atom stereocenters. The summed E-state index contributed by atoms with van der Waals surface area (Å²) in [5.74, 6) is 1.45. The minimum atomic E-state index is -0.736. The van der Waals surface area contributed by atoms with Crippen molar-refractivity contribution < 1.29 is 19.4 Å². The summed E-state index contributed by atoms with van der Waals surface area (Å²) in [4.78, 5) is 32.5. The first-order chi connectivity index (χ1) is 22.1. The van der Waals surface area contributed by atoms with Gasteiger partial charge in [-0.25, -0.2) is 4.98 Å². The van der Waals surface area contributed by atoms with Crippen molar-refractivity contribution in [2.24, 2.45) is 17.3 Å². The lowest BCUT2D eigenvalue weighted by Crippen LogP contribution is -2.52. The van der Waals surface area contributed by atoms with E-state index in [1.165, 1.54) is 11.1 Å². The van der Waals surface area contributed by atoms with E-state index in [-0.39, 0.29) is 35.1 Å². The number of carboxylic acids is 1. The van der Waals surface area contributed by atoms with E-state index in [1.807, 2.05) is 28.0 Å². The highest BCUT2D eigenvalue weighted by atomic mass is 16.5. The molecule has 2 heterocycles. The number of aliphatic carboxylic acids is 1. The zero-order chi connectivity index (χ0) is 32.5. The number of ether oxygens (including phenoxy) is 1. The van der Waals surface area contributed by atoms with Gasteiger partial charge in [0.25, 0.3) is 0 Å². The second-order valence-corrected chi connectivity index (χ2v) is 14.7. The van der Waals surface area contributed by atoms with Crippen molar-refractivity contribution in [1.29, 1.82) is 0 Å². The standard InChI is InChI=1S/C38H50N4O4/c1-26(2)42-24-31(23-40-42)30-13-20-39-34(22-30)41(36(45)29-8-5-28(6-9-29)7-12-35(43)44)25-37-14-17-38(18-15-37,19-16-37)32-10-11-33(46-4)27(3)21-32/h10-11,13,20-24,26,28-29H,5-9,12,14-19,25H2,1-4H3,(H,43,44). The summed E-state index contributed by atoms with van der Waals surface area (Å²) in [7, 11) is 1.73. The van der Waals surface area contributed by atoms with Gasteiger partial charge in [0.1, 0.15) is 11.6 Å². The monoisotopic (exact) mass is 626 g/mol. The molecule has 246 valence electrons. The van der Waals surface area contributed by atoms with Crippen LogP contribution >= 0.6 is 0 Å². The molecule has 3 aromatic rings. The third kappa shape index (κ3) is 6.58. The first-order valence-electron chi connectivity index (χ1n) is 17.3. The third-order valence-electron chi connectivity index (χ3n) is 11.6. The number of benzene rings is 1. The molecule has 2 aromatic heterocycles. The predicted octanol–water partition coefficient (Wildman–Crippen LogP) is 8.14. The second kappa shape index (κ2) is 13.2. The number of hydrogen-bond donors (Lipinski definition) is 1. The molecule has 7 rings (SSSR count). The van der Waals surface area contributed by atoms with E-state index in [9.17, 15) is 9.59 Å². The number of aromatic nitrogens is 3. The first-order valence-corrected chi connectivity index (χ1v) is 17.3. The van der Waals surface area contributed by atoms with Crippen LogP contribution in [0.1, 0.15) is 108 Å². The fraction of sp³-hybridized carbons (Fsp3) is 0.579. The summed E-state index contributed by atoms with van der Waals surface area (Å²) in [5, 5.41) is 13.7. The Balaban J connectivity index is 1.24. The molecule has 8 nitrogen and oxygen atoms in total. The van der Waals surface area contributed by atoms with Crippen molar-refractivity contribution in [3.63, 3.8) is 0 Å². The van der Waals surface area contributed by atoms with Gasteiger partial charge in [0, 0.05) is 42.9 Å². The van der Waals surface area contributed by atoms with E-state index in [0.29, 0.717) is 18.9 Å². The highest BCUT2D eigenvalue weighted by molar-refractivity contribution is 5.95. The molecule has 1 aromatic carbocycles. The van der Waals surface area contributed by atoms with E-state index in [1.54, 1.807) is 7.11 Å². The molecule has 4 aliphatic rings. The van der Waals surface area contributed by atoms with Crippen LogP contribution < -0.4 is 9.64 Å². The maximum atomic E-state index is 14.5. The number of pyridine rings is 1. The summed E-state index contributed by atoms with van der Waals surface area (Å²) in [6, 6.07) is 11.1. The van der Waals surface area contributed by atoms with Gasteiger partial charge in [-0.1, -0.05) is 12.1 Å². The zero-order valence-electron chi connectivity index (χ0n) is 28.0. The number of fused-ring (bicyclic) bond motifs is 3. The molecule has 1 N–H and O–H groups in total. The van der Waals surface area contributed by atoms with Crippen LogP contribution in [0.5, 0.6) is 5.75 Å².